The summed E-state index contributed by atoms with van der Waals surface area (Å²) in [7, 11) is 1.95. The van der Waals surface area contributed by atoms with Crippen LogP contribution in [0, 0.1) is 18.8 Å². The van der Waals surface area contributed by atoms with Crippen molar-refractivity contribution in [2.45, 2.75) is 25.7 Å². The number of aromatic nitrogens is 6. The zero-order valence-electron chi connectivity index (χ0n) is 19.7. The Morgan fingerprint density at radius 3 is 2.65 bits per heavy atom. The predicted molar refractivity (Wildman–Crippen MR) is 134 cm³/mol. The van der Waals surface area contributed by atoms with Crippen LogP contribution in [0.25, 0.3) is 33.3 Å². The molecule has 1 aliphatic heterocycles. The third-order valence-corrected chi connectivity index (χ3v) is 8.35. The molecule has 5 aromatic rings. The topological polar surface area (TPSA) is 75.5 Å². The fraction of sp³-hybridized carbons (Fsp3) is 0.333. The molecule has 1 N–H and O–H groups in total. The molecule has 4 heterocycles. The molecule has 0 spiro atoms. The van der Waals surface area contributed by atoms with Crippen LogP contribution in [-0.2, 0) is 12.5 Å². The lowest BCUT2D eigenvalue weighted by Gasteiger charge is -2.27. The van der Waals surface area contributed by atoms with E-state index in [9.17, 15) is 0 Å². The van der Waals surface area contributed by atoms with Crippen LogP contribution in [0.1, 0.15) is 24.5 Å². The first-order chi connectivity index (χ1) is 16.6. The van der Waals surface area contributed by atoms with Gasteiger partial charge in [0, 0.05) is 42.7 Å². The average Bonchev–Trinajstić information content (AvgIpc) is 3.31. The quantitative estimate of drug-likeness (QED) is 0.433. The molecule has 1 saturated carbocycles. The van der Waals surface area contributed by atoms with Gasteiger partial charge in [0.1, 0.15) is 11.3 Å². The van der Waals surface area contributed by atoms with Gasteiger partial charge >= 0.3 is 0 Å². The van der Waals surface area contributed by atoms with E-state index < -0.39 is 0 Å². The number of nitrogens with one attached hydrogen (secondary N) is 1. The van der Waals surface area contributed by atoms with Crippen LogP contribution >= 0.6 is 0 Å². The monoisotopic (exact) mass is 449 g/mol. The second kappa shape index (κ2) is 6.88. The van der Waals surface area contributed by atoms with Gasteiger partial charge in [-0.1, -0.05) is 43.3 Å². The van der Waals surface area contributed by atoms with Gasteiger partial charge < -0.3 is 4.90 Å². The lowest BCUT2D eigenvalue weighted by molar-refractivity contribution is 0.526. The smallest absolute Gasteiger partial charge is 0.202 e. The molecule has 0 amide bonds. The Morgan fingerprint density at radius 2 is 1.88 bits per heavy atom. The van der Waals surface area contributed by atoms with E-state index in [1.165, 1.54) is 17.5 Å². The Hall–Kier alpha value is -3.74. The Labute approximate surface area is 197 Å². The van der Waals surface area contributed by atoms with E-state index in [-0.39, 0.29) is 0 Å². The Balaban J connectivity index is 1.19. The van der Waals surface area contributed by atoms with Crippen LogP contribution < -0.4 is 4.90 Å². The molecule has 170 valence electrons. The molecule has 3 aromatic heterocycles. The van der Waals surface area contributed by atoms with Gasteiger partial charge in [0.15, 0.2) is 0 Å². The van der Waals surface area contributed by atoms with Crippen LogP contribution in [0.15, 0.2) is 54.9 Å². The van der Waals surface area contributed by atoms with E-state index in [1.54, 1.807) is 0 Å². The third-order valence-electron chi connectivity index (χ3n) is 8.35. The first kappa shape index (κ1) is 19.7. The number of aromatic amines is 1. The number of anilines is 1. The summed E-state index contributed by atoms with van der Waals surface area (Å²) in [6.07, 6.45) is 5.16. The van der Waals surface area contributed by atoms with Gasteiger partial charge in [-0.05, 0) is 42.4 Å². The van der Waals surface area contributed by atoms with Crippen molar-refractivity contribution in [3.63, 3.8) is 0 Å². The van der Waals surface area contributed by atoms with E-state index in [2.05, 4.69) is 82.7 Å². The molecule has 1 unspecified atom stereocenters. The van der Waals surface area contributed by atoms with Gasteiger partial charge in [0.05, 0.1) is 17.4 Å². The molecule has 0 radical (unpaired) electrons. The van der Waals surface area contributed by atoms with Crippen molar-refractivity contribution in [3.8, 4) is 11.3 Å². The number of aryl methyl sites for hydroxylation is 2. The van der Waals surface area contributed by atoms with Crippen LogP contribution in [-0.4, -0.2) is 43.0 Å². The highest BCUT2D eigenvalue weighted by atomic mass is 15.3. The summed E-state index contributed by atoms with van der Waals surface area (Å²) in [5.41, 5.74) is 7.46. The maximum atomic E-state index is 4.91. The Bertz CT molecular complexity index is 1540. The fourth-order valence-corrected chi connectivity index (χ4v) is 6.57. The molecule has 0 bridgehead atoms. The highest BCUT2D eigenvalue weighted by Crippen LogP contribution is 2.65. The molecule has 3 atom stereocenters. The van der Waals surface area contributed by atoms with E-state index >= 15 is 0 Å². The van der Waals surface area contributed by atoms with E-state index in [0.29, 0.717) is 22.9 Å². The molecule has 34 heavy (non-hydrogen) atoms. The zero-order valence-corrected chi connectivity index (χ0v) is 19.7. The van der Waals surface area contributed by atoms with E-state index in [4.69, 9.17) is 9.97 Å². The predicted octanol–water partition coefficient (Wildman–Crippen LogP) is 4.63. The summed E-state index contributed by atoms with van der Waals surface area (Å²) in [5, 5.41) is 13.4. The van der Waals surface area contributed by atoms with Crippen molar-refractivity contribution in [3.05, 3.63) is 66.0 Å². The SMILES string of the molecule is CCC1(c2ccccc2)[C@@H]2CN(c3cnc4c(-c5ccc6nn(C)cc6c5C)[nH]nc4n3)C[C@@H]21. The normalized spacial score (nSPS) is 23.7. The molecule has 7 rings (SSSR count). The van der Waals surface area contributed by atoms with Crippen molar-refractivity contribution in [1.82, 2.24) is 29.9 Å². The molecule has 2 fully saturated rings. The molecular weight excluding hydrogens is 422 g/mol. The number of H-pyrrole nitrogens is 1. The van der Waals surface area contributed by atoms with Crippen molar-refractivity contribution >= 4 is 27.9 Å². The Kier molecular flexibility index (Phi) is 3.99. The molecule has 2 aliphatic rings. The summed E-state index contributed by atoms with van der Waals surface area (Å²) >= 11 is 0. The summed E-state index contributed by atoms with van der Waals surface area (Å²) < 4.78 is 1.85. The fourth-order valence-electron chi connectivity index (χ4n) is 6.57. The standard InChI is InChI=1S/C27H27N7/c1-4-27(17-8-6-5-7-9-17)20-14-34(15-21(20)27)23-12-28-25-24(30-31-26(25)29-23)18-10-11-22-19(16(18)2)13-33(3)32-22/h5-13,20-21H,4,14-15H2,1-3H3,(H,29,30,31)/t20-,21+,27?. The lowest BCUT2D eigenvalue weighted by Crippen LogP contribution is -2.30. The Morgan fingerprint density at radius 1 is 1.09 bits per heavy atom. The van der Waals surface area contributed by atoms with Gasteiger partial charge in [-0.15, -0.1) is 0 Å². The average molecular weight is 450 g/mol. The molecule has 1 saturated heterocycles. The molecule has 2 aromatic carbocycles. The maximum Gasteiger partial charge on any atom is 0.202 e. The highest BCUT2D eigenvalue weighted by molar-refractivity contribution is 5.94. The second-order valence-electron chi connectivity index (χ2n) is 9.85. The molecule has 1 aliphatic carbocycles. The van der Waals surface area contributed by atoms with E-state index in [0.717, 1.165) is 46.6 Å². The van der Waals surface area contributed by atoms with Gasteiger partial charge in [0.25, 0.3) is 0 Å². The summed E-state index contributed by atoms with van der Waals surface area (Å²) in [6.45, 7) is 6.51. The van der Waals surface area contributed by atoms with Crippen LogP contribution in [0.3, 0.4) is 0 Å². The van der Waals surface area contributed by atoms with Gasteiger partial charge in [-0.3, -0.25) is 9.78 Å². The van der Waals surface area contributed by atoms with Crippen LogP contribution in [0.2, 0.25) is 0 Å². The largest absolute Gasteiger partial charge is 0.355 e. The number of hydrogen-bond donors (Lipinski definition) is 1. The number of nitrogens with zero attached hydrogens (tertiary/aromatic N) is 6. The maximum absolute atomic E-state index is 4.91. The van der Waals surface area contributed by atoms with Crippen LogP contribution in [0.4, 0.5) is 5.82 Å². The minimum absolute atomic E-state index is 0.331. The number of benzene rings is 2. The van der Waals surface area contributed by atoms with Crippen molar-refractivity contribution in [1.29, 1.82) is 0 Å². The summed E-state index contributed by atoms with van der Waals surface area (Å²) in [6, 6.07) is 15.2. The minimum Gasteiger partial charge on any atom is -0.355 e. The molecule has 7 heteroatoms. The molecule has 7 nitrogen and oxygen atoms in total. The first-order valence-corrected chi connectivity index (χ1v) is 12.0. The second-order valence-corrected chi connectivity index (χ2v) is 9.85. The van der Waals surface area contributed by atoms with Crippen LogP contribution in [0.5, 0.6) is 0 Å². The zero-order chi connectivity index (χ0) is 23.0. The number of hydrogen-bond acceptors (Lipinski definition) is 5. The first-order valence-electron chi connectivity index (χ1n) is 12.0. The minimum atomic E-state index is 0.331. The van der Waals surface area contributed by atoms with Gasteiger partial charge in [-0.2, -0.15) is 10.2 Å². The summed E-state index contributed by atoms with van der Waals surface area (Å²) in [4.78, 5) is 12.1. The van der Waals surface area contributed by atoms with Crippen molar-refractivity contribution in [2.24, 2.45) is 18.9 Å². The van der Waals surface area contributed by atoms with Gasteiger partial charge in [0.2, 0.25) is 5.65 Å². The number of fused-ring (bicyclic) bond motifs is 3. The molecular formula is C27H27N7. The summed E-state index contributed by atoms with van der Waals surface area (Å²) in [5.74, 6) is 2.29. The van der Waals surface area contributed by atoms with Crippen molar-refractivity contribution < 1.29 is 0 Å². The third kappa shape index (κ3) is 2.58. The van der Waals surface area contributed by atoms with E-state index in [1.807, 2.05) is 17.9 Å². The number of piperidine rings is 1. The van der Waals surface area contributed by atoms with Gasteiger partial charge in [-0.25, -0.2) is 9.97 Å². The highest BCUT2D eigenvalue weighted by Gasteiger charge is 2.67. The number of rotatable bonds is 4. The van der Waals surface area contributed by atoms with Crippen molar-refractivity contribution in [2.75, 3.05) is 18.0 Å². The lowest BCUT2D eigenvalue weighted by atomic mass is 9.87.